The molecule has 3 nitrogen and oxygen atoms in total. The molecule has 0 N–H and O–H groups in total. The van der Waals surface area contributed by atoms with Crippen molar-refractivity contribution < 1.29 is 9.53 Å². The smallest absolute Gasteiger partial charge is 0.138 e. The Hall–Kier alpha value is -0.0600. The van der Waals surface area contributed by atoms with Gasteiger partial charge in [0.05, 0.1) is 5.60 Å². The fraction of sp³-hybridized carbons (Fsp3) is 0.933. The molecule has 0 amide bonds. The summed E-state index contributed by atoms with van der Waals surface area (Å²) in [4.78, 5) is 14.4. The second kappa shape index (κ2) is 5.74. The summed E-state index contributed by atoms with van der Waals surface area (Å²) in [7, 11) is 0. The zero-order chi connectivity index (χ0) is 13.3. The molecule has 3 aliphatic heterocycles. The Morgan fingerprint density at radius 3 is 3.16 bits per heavy atom. The van der Waals surface area contributed by atoms with Crippen LogP contribution < -0.4 is 0 Å². The van der Waals surface area contributed by atoms with Crippen molar-refractivity contribution in [2.75, 3.05) is 31.2 Å². The molecule has 3 rings (SSSR count). The molecule has 1 spiro atoms. The molecule has 0 saturated carbocycles. The van der Waals surface area contributed by atoms with Crippen molar-refractivity contribution in [2.45, 2.75) is 50.7 Å². The Balaban J connectivity index is 1.63. The number of thioether (sulfide) groups is 1. The lowest BCUT2D eigenvalue weighted by molar-refractivity contribution is -0.130. The molecule has 3 unspecified atom stereocenters. The zero-order valence-electron chi connectivity index (χ0n) is 11.9. The number of piperidine rings is 1. The molecule has 3 fully saturated rings. The lowest BCUT2D eigenvalue weighted by atomic mass is 9.86. The highest BCUT2D eigenvalue weighted by Crippen LogP contribution is 2.40. The van der Waals surface area contributed by atoms with E-state index >= 15 is 0 Å². The summed E-state index contributed by atoms with van der Waals surface area (Å²) in [5.74, 6) is 3.19. The molecule has 3 aliphatic rings. The third kappa shape index (κ3) is 2.86. The lowest BCUT2D eigenvalue weighted by Gasteiger charge is -2.45. The van der Waals surface area contributed by atoms with Gasteiger partial charge in [0, 0.05) is 43.8 Å². The van der Waals surface area contributed by atoms with E-state index in [9.17, 15) is 4.79 Å². The molecule has 0 aliphatic carbocycles. The van der Waals surface area contributed by atoms with Gasteiger partial charge in [0.15, 0.2) is 0 Å². The van der Waals surface area contributed by atoms with E-state index in [2.05, 4.69) is 11.8 Å². The molecule has 3 heterocycles. The monoisotopic (exact) mass is 283 g/mol. The summed E-state index contributed by atoms with van der Waals surface area (Å²) in [6, 6.07) is 0.648. The highest BCUT2D eigenvalue weighted by Gasteiger charge is 2.43. The Kier molecular flexibility index (Phi) is 4.20. The minimum absolute atomic E-state index is 0.163. The normalized spacial score (nSPS) is 41.0. The number of ketones is 1. The van der Waals surface area contributed by atoms with Crippen LogP contribution in [0.5, 0.6) is 0 Å². The Morgan fingerprint density at radius 2 is 2.42 bits per heavy atom. The number of Topliss-reactive ketones (excluding diaryl/α,β-unsaturated/α-hetero) is 1. The first-order valence-electron chi connectivity index (χ1n) is 7.71. The lowest BCUT2D eigenvalue weighted by Crippen LogP contribution is -2.52. The molecular formula is C15H25NO2S. The summed E-state index contributed by atoms with van der Waals surface area (Å²) >= 11 is 2.04. The number of ether oxygens (including phenoxy) is 1. The van der Waals surface area contributed by atoms with Gasteiger partial charge in [-0.2, -0.15) is 11.8 Å². The largest absolute Gasteiger partial charge is 0.374 e. The van der Waals surface area contributed by atoms with Gasteiger partial charge >= 0.3 is 0 Å². The molecule has 0 bridgehead atoms. The van der Waals surface area contributed by atoms with Gasteiger partial charge in [0.2, 0.25) is 0 Å². The van der Waals surface area contributed by atoms with Crippen molar-refractivity contribution in [3.05, 3.63) is 0 Å². The van der Waals surface area contributed by atoms with E-state index in [1.807, 2.05) is 11.8 Å². The van der Waals surface area contributed by atoms with Crippen molar-refractivity contribution in [2.24, 2.45) is 5.92 Å². The molecule has 4 heteroatoms. The predicted octanol–water partition coefficient (Wildman–Crippen LogP) is 2.34. The van der Waals surface area contributed by atoms with Crippen LogP contribution in [-0.2, 0) is 9.53 Å². The SMILES string of the molecule is CCC1CN(C2CCOC3(CCSC3)C2)CCC1=O. The summed E-state index contributed by atoms with van der Waals surface area (Å²) in [6.45, 7) is 5.02. The first-order chi connectivity index (χ1) is 9.22. The fourth-order valence-electron chi connectivity index (χ4n) is 3.80. The van der Waals surface area contributed by atoms with Crippen LogP contribution >= 0.6 is 11.8 Å². The van der Waals surface area contributed by atoms with Crippen molar-refractivity contribution in [1.82, 2.24) is 4.90 Å². The van der Waals surface area contributed by atoms with Gasteiger partial charge in [-0.15, -0.1) is 0 Å². The maximum atomic E-state index is 11.8. The summed E-state index contributed by atoms with van der Waals surface area (Å²) < 4.78 is 6.11. The molecule has 0 aromatic rings. The minimum Gasteiger partial charge on any atom is -0.374 e. The third-order valence-corrected chi connectivity index (χ3v) is 6.32. The quantitative estimate of drug-likeness (QED) is 0.778. The van der Waals surface area contributed by atoms with Gasteiger partial charge in [0.1, 0.15) is 5.78 Å². The van der Waals surface area contributed by atoms with Gasteiger partial charge in [-0.3, -0.25) is 9.69 Å². The predicted molar refractivity (Wildman–Crippen MR) is 78.6 cm³/mol. The van der Waals surface area contributed by atoms with E-state index in [-0.39, 0.29) is 11.5 Å². The molecule has 0 aromatic heterocycles. The maximum absolute atomic E-state index is 11.8. The number of hydrogen-bond donors (Lipinski definition) is 0. The van der Waals surface area contributed by atoms with Crippen LogP contribution in [0.3, 0.4) is 0 Å². The van der Waals surface area contributed by atoms with E-state index in [0.717, 1.165) is 39.0 Å². The topological polar surface area (TPSA) is 29.5 Å². The highest BCUT2D eigenvalue weighted by molar-refractivity contribution is 7.99. The molecule has 3 atom stereocenters. The summed E-state index contributed by atoms with van der Waals surface area (Å²) in [5.41, 5.74) is 0.163. The first-order valence-corrected chi connectivity index (χ1v) is 8.86. The minimum atomic E-state index is 0.163. The average molecular weight is 283 g/mol. The maximum Gasteiger partial charge on any atom is 0.138 e. The molecule has 0 radical (unpaired) electrons. The molecule has 108 valence electrons. The van der Waals surface area contributed by atoms with Crippen LogP contribution in [-0.4, -0.2) is 53.5 Å². The second-order valence-corrected chi connectivity index (χ2v) is 7.40. The van der Waals surface area contributed by atoms with Crippen LogP contribution in [0.15, 0.2) is 0 Å². The highest BCUT2D eigenvalue weighted by atomic mass is 32.2. The standard InChI is InChI=1S/C15H25NO2S/c1-2-12-10-16(6-3-14(12)17)13-4-7-18-15(9-13)5-8-19-11-15/h12-13H,2-11H2,1H3. The van der Waals surface area contributed by atoms with Crippen molar-refractivity contribution in [1.29, 1.82) is 0 Å². The van der Waals surface area contributed by atoms with E-state index in [0.29, 0.717) is 11.8 Å². The molecular weight excluding hydrogens is 258 g/mol. The van der Waals surface area contributed by atoms with Gasteiger partial charge in [-0.25, -0.2) is 0 Å². The van der Waals surface area contributed by atoms with Crippen LogP contribution in [0.2, 0.25) is 0 Å². The molecule has 19 heavy (non-hydrogen) atoms. The van der Waals surface area contributed by atoms with E-state index < -0.39 is 0 Å². The first kappa shape index (κ1) is 13.9. The summed E-state index contributed by atoms with van der Waals surface area (Å²) in [5, 5.41) is 0. The molecule has 3 saturated heterocycles. The number of carbonyl (C=O) groups is 1. The second-order valence-electron chi connectivity index (χ2n) is 6.30. The van der Waals surface area contributed by atoms with Gasteiger partial charge in [-0.05, 0) is 31.4 Å². The number of carbonyl (C=O) groups excluding carboxylic acids is 1. The zero-order valence-corrected chi connectivity index (χ0v) is 12.7. The van der Waals surface area contributed by atoms with Gasteiger partial charge in [0.25, 0.3) is 0 Å². The van der Waals surface area contributed by atoms with Crippen molar-refractivity contribution >= 4 is 17.5 Å². The number of hydrogen-bond acceptors (Lipinski definition) is 4. The number of likely N-dealkylation sites (tertiary alicyclic amines) is 1. The Morgan fingerprint density at radius 1 is 1.53 bits per heavy atom. The average Bonchev–Trinajstić information content (AvgIpc) is 2.87. The number of nitrogens with zero attached hydrogens (tertiary/aromatic N) is 1. The Labute approximate surface area is 120 Å². The Bertz CT molecular complexity index is 341. The van der Waals surface area contributed by atoms with Crippen molar-refractivity contribution in [3.63, 3.8) is 0 Å². The van der Waals surface area contributed by atoms with E-state index in [1.54, 1.807) is 0 Å². The van der Waals surface area contributed by atoms with E-state index in [4.69, 9.17) is 4.74 Å². The third-order valence-electron chi connectivity index (χ3n) is 5.10. The van der Waals surface area contributed by atoms with Gasteiger partial charge in [-0.1, -0.05) is 6.92 Å². The van der Waals surface area contributed by atoms with Crippen molar-refractivity contribution in [3.8, 4) is 0 Å². The number of rotatable bonds is 2. The fourth-order valence-corrected chi connectivity index (χ4v) is 5.18. The van der Waals surface area contributed by atoms with E-state index in [1.165, 1.54) is 24.3 Å². The summed E-state index contributed by atoms with van der Waals surface area (Å²) in [6.07, 6.45) is 5.32. The van der Waals surface area contributed by atoms with Gasteiger partial charge < -0.3 is 4.74 Å². The molecule has 0 aromatic carbocycles. The van der Waals surface area contributed by atoms with Crippen LogP contribution in [0.1, 0.15) is 39.0 Å². The van der Waals surface area contributed by atoms with Crippen LogP contribution in [0, 0.1) is 5.92 Å². The van der Waals surface area contributed by atoms with Crippen LogP contribution in [0.4, 0.5) is 0 Å². The van der Waals surface area contributed by atoms with Crippen LogP contribution in [0.25, 0.3) is 0 Å².